The normalized spacial score (nSPS) is 14.7. The fourth-order valence-electron chi connectivity index (χ4n) is 14.0. The van der Waals surface area contributed by atoms with Gasteiger partial charge in [0.1, 0.15) is 5.58 Å². The van der Waals surface area contributed by atoms with Gasteiger partial charge in [-0.15, -0.1) is 0 Å². The first kappa shape index (κ1) is 38.3. The zero-order valence-electron chi connectivity index (χ0n) is 38.3. The van der Waals surface area contributed by atoms with Crippen LogP contribution in [0.3, 0.4) is 0 Å². The predicted octanol–water partition coefficient (Wildman–Crippen LogP) is 17.0. The number of benzene rings is 11. The molecule has 2 heteroatoms. The Morgan fingerprint density at radius 2 is 0.857 bits per heavy atom. The Kier molecular flexibility index (Phi) is 7.62. The maximum atomic E-state index is 7.69. The largest absolute Gasteiger partial charge is 0.453 e. The first-order chi connectivity index (χ1) is 34.7. The smallest absolute Gasteiger partial charge is 0.159 e. The van der Waals surface area contributed by atoms with Crippen molar-refractivity contribution in [3.63, 3.8) is 0 Å². The second-order valence-corrected chi connectivity index (χ2v) is 19.7. The third kappa shape index (κ3) is 4.69. The zero-order chi connectivity index (χ0) is 45.7. The molecule has 0 radical (unpaired) electrons. The van der Waals surface area contributed by atoms with Crippen molar-refractivity contribution in [2.24, 2.45) is 0 Å². The van der Waals surface area contributed by atoms with E-state index in [4.69, 9.17) is 4.42 Å². The minimum absolute atomic E-state index is 0.521. The predicted molar refractivity (Wildman–Crippen MR) is 287 cm³/mol. The standard InChI is InChI=1S/C68H43NO/c1-4-17-44(18-5-1)67(45-19-6-2-7-20-45)55-27-13-10-25-50(55)51-37-35-47(41-60(51)67)69(46-21-8-3-9-22-46)61-30-16-26-52-53-38-40-59-64(66(53)70-65(52)61)54-36-33-42-31-32-43-34-39-58(63(54)62(42)43)68(59)56-28-14-11-23-48(56)49-24-12-15-29-57(49)68/h1-30,33-41H,31-32H2. The van der Waals surface area contributed by atoms with E-state index in [1.165, 1.54) is 99.8 Å². The minimum atomic E-state index is -0.539. The summed E-state index contributed by atoms with van der Waals surface area (Å²) >= 11 is 0. The van der Waals surface area contributed by atoms with Gasteiger partial charge < -0.3 is 9.32 Å². The lowest BCUT2D eigenvalue weighted by molar-refractivity contribution is 0.667. The Morgan fingerprint density at radius 3 is 1.51 bits per heavy atom. The van der Waals surface area contributed by atoms with Crippen LogP contribution in [0, 0.1) is 0 Å². The lowest BCUT2D eigenvalue weighted by atomic mass is 9.61. The molecule has 0 saturated carbocycles. The summed E-state index contributed by atoms with van der Waals surface area (Å²) in [6.07, 6.45) is 2.14. The van der Waals surface area contributed by atoms with Crippen molar-refractivity contribution in [3.8, 4) is 33.4 Å². The molecule has 326 valence electrons. The van der Waals surface area contributed by atoms with Gasteiger partial charge in [0.15, 0.2) is 5.58 Å². The molecular weight excluding hydrogens is 847 g/mol. The number of rotatable bonds is 5. The molecule has 0 atom stereocenters. The van der Waals surface area contributed by atoms with Crippen molar-refractivity contribution in [1.82, 2.24) is 0 Å². The highest BCUT2D eigenvalue weighted by Crippen LogP contribution is 2.64. The number of furan rings is 1. The monoisotopic (exact) mass is 889 g/mol. The molecule has 12 aromatic rings. The second kappa shape index (κ2) is 13.9. The maximum Gasteiger partial charge on any atom is 0.159 e. The van der Waals surface area contributed by atoms with Gasteiger partial charge in [-0.1, -0.05) is 206 Å². The van der Waals surface area contributed by atoms with E-state index in [0.717, 1.165) is 51.8 Å². The van der Waals surface area contributed by atoms with Gasteiger partial charge in [0.05, 0.1) is 16.5 Å². The van der Waals surface area contributed by atoms with Crippen molar-refractivity contribution in [2.75, 3.05) is 4.90 Å². The van der Waals surface area contributed by atoms with Gasteiger partial charge in [-0.2, -0.15) is 0 Å². The molecule has 0 unspecified atom stereocenters. The summed E-state index contributed by atoms with van der Waals surface area (Å²) in [5.41, 5.74) is 24.8. The van der Waals surface area contributed by atoms with E-state index >= 15 is 0 Å². The van der Waals surface area contributed by atoms with Gasteiger partial charge in [0.2, 0.25) is 0 Å². The maximum absolute atomic E-state index is 7.69. The molecule has 4 aliphatic rings. The number of para-hydroxylation sites is 2. The summed E-state index contributed by atoms with van der Waals surface area (Å²) < 4.78 is 7.69. The number of fused-ring (bicyclic) bond motifs is 16. The van der Waals surface area contributed by atoms with Gasteiger partial charge in [0, 0.05) is 27.7 Å². The molecule has 2 nitrogen and oxygen atoms in total. The van der Waals surface area contributed by atoms with Gasteiger partial charge in [-0.05, 0) is 137 Å². The van der Waals surface area contributed by atoms with Crippen LogP contribution in [-0.4, -0.2) is 0 Å². The van der Waals surface area contributed by atoms with E-state index in [1.807, 2.05) is 0 Å². The van der Waals surface area contributed by atoms with Crippen LogP contribution in [0.5, 0.6) is 0 Å². The third-order valence-corrected chi connectivity index (χ3v) is 16.6. The Balaban J connectivity index is 0.985. The van der Waals surface area contributed by atoms with Gasteiger partial charge in [-0.3, -0.25) is 0 Å². The summed E-state index contributed by atoms with van der Waals surface area (Å²) in [5, 5.41) is 5.05. The molecule has 0 N–H and O–H groups in total. The molecule has 1 spiro atoms. The number of aryl methyl sites for hydroxylation is 2. The van der Waals surface area contributed by atoms with E-state index in [0.29, 0.717) is 0 Å². The molecular formula is C68H43NO. The van der Waals surface area contributed by atoms with E-state index in [1.54, 1.807) is 0 Å². The average Bonchev–Trinajstić information content (AvgIpc) is 4.19. The summed E-state index contributed by atoms with van der Waals surface area (Å²) in [4.78, 5) is 2.42. The SMILES string of the molecule is c1ccc(N(c2ccc3c(c2)C(c2ccccc2)(c2ccccc2)c2ccccc2-3)c2cccc3c2oc2c4c(ccc23)C2(c3ccccc3-c3ccccc32)c2ccc3c5c(ccc-4c25)CC3)cc1. The van der Waals surface area contributed by atoms with Crippen LogP contribution in [0.25, 0.3) is 66.1 Å². The van der Waals surface area contributed by atoms with Crippen molar-refractivity contribution < 1.29 is 4.42 Å². The lowest BCUT2D eigenvalue weighted by Crippen LogP contribution is -2.32. The summed E-state index contributed by atoms with van der Waals surface area (Å²) in [5.74, 6) is 0. The Labute approximate surface area is 406 Å². The lowest BCUT2D eigenvalue weighted by Gasteiger charge is -2.40. The summed E-state index contributed by atoms with van der Waals surface area (Å²) in [7, 11) is 0. The van der Waals surface area contributed by atoms with Crippen LogP contribution < -0.4 is 4.90 Å². The zero-order valence-corrected chi connectivity index (χ0v) is 38.3. The number of anilines is 3. The van der Waals surface area contributed by atoms with Gasteiger partial charge in [-0.25, -0.2) is 0 Å². The first-order valence-electron chi connectivity index (χ1n) is 24.7. The molecule has 0 saturated heterocycles. The van der Waals surface area contributed by atoms with Crippen LogP contribution in [0.15, 0.2) is 241 Å². The third-order valence-electron chi connectivity index (χ3n) is 16.6. The van der Waals surface area contributed by atoms with Crippen LogP contribution in [0.2, 0.25) is 0 Å². The number of nitrogens with zero attached hydrogens (tertiary/aromatic N) is 1. The Morgan fingerprint density at radius 1 is 0.329 bits per heavy atom. The fraction of sp³-hybridized carbons (Fsp3) is 0.0588. The molecule has 0 bridgehead atoms. The van der Waals surface area contributed by atoms with E-state index in [2.05, 4.69) is 241 Å². The van der Waals surface area contributed by atoms with Crippen LogP contribution in [-0.2, 0) is 23.7 Å². The summed E-state index contributed by atoms with van der Waals surface area (Å²) in [6, 6.07) is 88.6. The Hall–Kier alpha value is -8.72. The topological polar surface area (TPSA) is 16.4 Å². The molecule has 0 fully saturated rings. The fourth-order valence-corrected chi connectivity index (χ4v) is 14.0. The highest BCUT2D eigenvalue weighted by Gasteiger charge is 2.51. The van der Waals surface area contributed by atoms with E-state index in [-0.39, 0.29) is 0 Å². The highest BCUT2D eigenvalue weighted by atomic mass is 16.3. The quantitative estimate of drug-likeness (QED) is 0.171. The molecule has 0 amide bonds. The second-order valence-electron chi connectivity index (χ2n) is 19.7. The minimum Gasteiger partial charge on any atom is -0.453 e. The molecule has 1 heterocycles. The van der Waals surface area contributed by atoms with Crippen molar-refractivity contribution in [3.05, 3.63) is 292 Å². The molecule has 70 heavy (non-hydrogen) atoms. The van der Waals surface area contributed by atoms with Crippen molar-refractivity contribution >= 4 is 49.8 Å². The van der Waals surface area contributed by atoms with Crippen molar-refractivity contribution in [2.45, 2.75) is 23.7 Å². The van der Waals surface area contributed by atoms with Gasteiger partial charge >= 0.3 is 0 Å². The molecule has 1 aromatic heterocycles. The van der Waals surface area contributed by atoms with E-state index < -0.39 is 10.8 Å². The average molecular weight is 890 g/mol. The molecule has 0 aliphatic heterocycles. The highest BCUT2D eigenvalue weighted by molar-refractivity contribution is 6.19. The van der Waals surface area contributed by atoms with Crippen LogP contribution in [0.4, 0.5) is 17.1 Å². The Bertz CT molecular complexity index is 4090. The van der Waals surface area contributed by atoms with E-state index in [9.17, 15) is 0 Å². The van der Waals surface area contributed by atoms with Crippen LogP contribution in [0.1, 0.15) is 55.6 Å². The number of hydrogen-bond acceptors (Lipinski definition) is 2. The molecule has 16 rings (SSSR count). The molecule has 4 aliphatic carbocycles. The number of hydrogen-bond donors (Lipinski definition) is 0. The summed E-state index contributed by atoms with van der Waals surface area (Å²) in [6.45, 7) is 0. The van der Waals surface area contributed by atoms with Gasteiger partial charge in [0.25, 0.3) is 0 Å². The van der Waals surface area contributed by atoms with Crippen LogP contribution >= 0.6 is 0 Å². The first-order valence-corrected chi connectivity index (χ1v) is 24.7. The molecule has 11 aromatic carbocycles. The van der Waals surface area contributed by atoms with Crippen molar-refractivity contribution in [1.29, 1.82) is 0 Å².